The van der Waals surface area contributed by atoms with Gasteiger partial charge in [-0.25, -0.2) is 0 Å². The quantitative estimate of drug-likeness (QED) is 0.221. The largest absolute Gasteiger partial charge is 3.00 e. The van der Waals surface area contributed by atoms with Gasteiger partial charge >= 0.3 is 17.4 Å². The Morgan fingerprint density at radius 2 is 0.408 bits per heavy atom. The number of benzene rings is 3. The summed E-state index contributed by atoms with van der Waals surface area (Å²) in [6.45, 7) is 0. The molecule has 0 heterocycles. The minimum Gasteiger partial charge on any atom is -0.863 e. The van der Waals surface area contributed by atoms with E-state index < -0.39 is 113 Å². The van der Waals surface area contributed by atoms with E-state index >= 15 is 0 Å². The molecule has 0 aliphatic rings. The van der Waals surface area contributed by atoms with Gasteiger partial charge in [0.15, 0.2) is 0 Å². The zero-order valence-corrected chi connectivity index (χ0v) is 23.7. The van der Waals surface area contributed by atoms with Gasteiger partial charge < -0.3 is 15.3 Å². The fourth-order valence-electron chi connectivity index (χ4n) is 2.88. The van der Waals surface area contributed by atoms with Crippen molar-refractivity contribution in [3.63, 3.8) is 0 Å². The Labute approximate surface area is 273 Å². The Kier molecular flexibility index (Phi) is 13.9. The third-order valence-corrected chi connectivity index (χ3v) is 4.92. The SMILES string of the molecule is O=[N+]([O-])c1cc([N+](=O)[O-])c([O-])c([N+](=O)[O-])c1.O=[N+]([O-])c1cc([N+](=O)[O-])c([O-])c([N+](=O)[O-])c1.O=[N+]([O-])c1cc([N+](=O)[O-])c([O-])c([N+](=O)[O-])c1.[Cr+3]. The fourth-order valence-corrected chi connectivity index (χ4v) is 2.88. The zero-order valence-electron chi connectivity index (χ0n) is 22.5. The molecule has 0 N–H and O–H groups in total. The molecule has 0 saturated carbocycles. The van der Waals surface area contributed by atoms with E-state index in [0.29, 0.717) is 36.4 Å². The van der Waals surface area contributed by atoms with Crippen LogP contribution in [0.25, 0.3) is 0 Å². The van der Waals surface area contributed by atoms with Gasteiger partial charge in [0.1, 0.15) is 0 Å². The number of hydrogen-bond donors (Lipinski definition) is 0. The van der Waals surface area contributed by atoms with E-state index in [1.807, 2.05) is 0 Å². The fraction of sp³-hybridized carbons (Fsp3) is 0. The third kappa shape index (κ3) is 10.1. The molecule has 31 heteroatoms. The summed E-state index contributed by atoms with van der Waals surface area (Å²) in [5.74, 6) is -4.37. The van der Waals surface area contributed by atoms with E-state index in [-0.39, 0.29) is 17.4 Å². The number of non-ortho nitro benzene ring substituents is 3. The summed E-state index contributed by atoms with van der Waals surface area (Å²) in [5, 5.41) is 126. The first-order valence-electron chi connectivity index (χ1n) is 10.9. The van der Waals surface area contributed by atoms with Gasteiger partial charge in [0.05, 0.1) is 98.0 Å². The van der Waals surface area contributed by atoms with Crippen LogP contribution in [0.15, 0.2) is 36.4 Å². The molecule has 3 aromatic carbocycles. The molecule has 1 radical (unpaired) electrons. The number of nitro groups is 9. The number of nitro benzene ring substituents is 9. The first kappa shape index (κ1) is 41.2. The summed E-state index contributed by atoms with van der Waals surface area (Å²) in [7, 11) is 0. The molecule has 0 saturated heterocycles. The van der Waals surface area contributed by atoms with Gasteiger partial charge in [0.2, 0.25) is 0 Å². The minimum absolute atomic E-state index is 0. The first-order chi connectivity index (χ1) is 22.0. The van der Waals surface area contributed by atoms with Crippen molar-refractivity contribution in [3.8, 4) is 17.2 Å². The van der Waals surface area contributed by atoms with Gasteiger partial charge in [-0.3, -0.25) is 91.0 Å². The van der Waals surface area contributed by atoms with Crippen LogP contribution in [0, 0.1) is 91.0 Å². The molecule has 0 atom stereocenters. The third-order valence-electron chi connectivity index (χ3n) is 4.92. The molecular formula is C18H6CrN9O21. The Morgan fingerprint density at radius 3 is 0.490 bits per heavy atom. The second-order valence-electron chi connectivity index (χ2n) is 7.75. The van der Waals surface area contributed by atoms with Crippen molar-refractivity contribution in [3.05, 3.63) is 127 Å². The van der Waals surface area contributed by atoms with Crippen molar-refractivity contribution in [2.75, 3.05) is 0 Å². The van der Waals surface area contributed by atoms with Crippen LogP contribution in [-0.4, -0.2) is 44.3 Å². The van der Waals surface area contributed by atoms with E-state index in [1.54, 1.807) is 0 Å². The van der Waals surface area contributed by atoms with Crippen LogP contribution in [0.1, 0.15) is 0 Å². The summed E-state index contributed by atoms with van der Waals surface area (Å²) < 4.78 is 0. The maximum absolute atomic E-state index is 11.1. The van der Waals surface area contributed by atoms with Crippen LogP contribution < -0.4 is 15.3 Å². The summed E-state index contributed by atoms with van der Waals surface area (Å²) in [4.78, 5) is 82.5. The van der Waals surface area contributed by atoms with Gasteiger partial charge in [-0.05, 0) is 0 Å². The van der Waals surface area contributed by atoms with Crippen molar-refractivity contribution in [1.82, 2.24) is 0 Å². The molecule has 0 aromatic heterocycles. The summed E-state index contributed by atoms with van der Waals surface area (Å²) in [6.07, 6.45) is 0. The summed E-state index contributed by atoms with van der Waals surface area (Å²) in [6, 6.07) is 2.31. The van der Waals surface area contributed by atoms with E-state index in [2.05, 4.69) is 0 Å². The van der Waals surface area contributed by atoms with Crippen molar-refractivity contribution in [2.45, 2.75) is 0 Å². The van der Waals surface area contributed by atoms with Crippen LogP contribution >= 0.6 is 0 Å². The Bertz CT molecular complexity index is 1610. The van der Waals surface area contributed by atoms with Gasteiger partial charge in [-0.1, -0.05) is 0 Å². The Morgan fingerprint density at radius 1 is 0.286 bits per heavy atom. The van der Waals surface area contributed by atoms with Gasteiger partial charge in [-0.2, -0.15) is 0 Å². The van der Waals surface area contributed by atoms with Crippen LogP contribution in [0.4, 0.5) is 51.2 Å². The predicted octanol–water partition coefficient (Wildman–Crippen LogP) is 1.45. The van der Waals surface area contributed by atoms with Crippen molar-refractivity contribution >= 4 is 51.2 Å². The molecule has 49 heavy (non-hydrogen) atoms. The second-order valence-corrected chi connectivity index (χ2v) is 7.75. The standard InChI is InChI=1S/3C6H3N3O7.Cr/c3*10-6-4(8(13)14)1-3(7(11)12)2-5(6)9(15)16;/h3*1-2,10H;/q;;;+3/p-3. The van der Waals surface area contributed by atoms with Crippen molar-refractivity contribution < 1.29 is 77.0 Å². The average Bonchev–Trinajstić information content (AvgIpc) is 2.96. The molecule has 255 valence electrons. The van der Waals surface area contributed by atoms with Gasteiger partial charge in [0, 0.05) is 0 Å². The normalized spacial score (nSPS) is 9.55. The Balaban J connectivity index is 0.000000698. The topological polar surface area (TPSA) is 457 Å². The number of rotatable bonds is 9. The smallest absolute Gasteiger partial charge is 0.863 e. The van der Waals surface area contributed by atoms with Gasteiger partial charge in [0.25, 0.3) is 51.2 Å². The van der Waals surface area contributed by atoms with Crippen molar-refractivity contribution in [1.29, 1.82) is 0 Å². The molecule has 0 unspecified atom stereocenters. The second kappa shape index (κ2) is 16.5. The maximum atomic E-state index is 11.1. The molecule has 3 aromatic rings. The van der Waals surface area contributed by atoms with E-state index in [0.717, 1.165) is 0 Å². The molecule has 0 spiro atoms. The molecule has 0 aliphatic heterocycles. The van der Waals surface area contributed by atoms with E-state index in [1.165, 1.54) is 0 Å². The van der Waals surface area contributed by atoms with Crippen LogP contribution in [0.2, 0.25) is 0 Å². The maximum Gasteiger partial charge on any atom is 3.00 e. The van der Waals surface area contributed by atoms with Crippen LogP contribution in [0.3, 0.4) is 0 Å². The molecule has 0 bridgehead atoms. The number of nitrogens with zero attached hydrogens (tertiary/aromatic N) is 9. The molecule has 0 amide bonds. The molecule has 0 fully saturated rings. The van der Waals surface area contributed by atoms with Crippen LogP contribution in [-0.2, 0) is 17.4 Å². The molecule has 30 nitrogen and oxygen atoms in total. The van der Waals surface area contributed by atoms with Crippen LogP contribution in [0.5, 0.6) is 17.2 Å². The predicted molar refractivity (Wildman–Crippen MR) is 138 cm³/mol. The van der Waals surface area contributed by atoms with Crippen molar-refractivity contribution in [2.24, 2.45) is 0 Å². The molecule has 0 aliphatic carbocycles. The van der Waals surface area contributed by atoms with Gasteiger partial charge in [-0.15, -0.1) is 0 Å². The first-order valence-corrected chi connectivity index (χ1v) is 10.9. The Hall–Kier alpha value is -7.81. The van der Waals surface area contributed by atoms with E-state index in [4.69, 9.17) is 0 Å². The summed E-state index contributed by atoms with van der Waals surface area (Å²) in [5.41, 5.74) is -9.79. The zero-order chi connectivity index (χ0) is 37.4. The average molecular weight is 736 g/mol. The van der Waals surface area contributed by atoms with E-state index in [9.17, 15) is 106 Å². The minimum atomic E-state index is -1.46. The monoisotopic (exact) mass is 736 g/mol. The number of hydrogen-bond acceptors (Lipinski definition) is 21. The molecule has 3 rings (SSSR count). The molecular weight excluding hydrogens is 730 g/mol. The summed E-state index contributed by atoms with van der Waals surface area (Å²) >= 11 is 0.